The number of alkyl halides is 3. The Bertz CT molecular complexity index is 2450. The molecule has 4 aromatic carbocycles. The maximum Gasteiger partial charge on any atom is 0.573 e. The smallest absolute Gasteiger partial charge is 0.488 e. The lowest BCUT2D eigenvalue weighted by molar-refractivity contribution is -0.274. The minimum absolute atomic E-state index is 0.0221. The molecule has 0 unspecified atom stereocenters. The fourth-order valence-electron chi connectivity index (χ4n) is 6.74. The lowest BCUT2D eigenvalue weighted by Crippen LogP contribution is -2.19. The van der Waals surface area contributed by atoms with Crippen LogP contribution in [0.25, 0.3) is 22.3 Å². The summed E-state index contributed by atoms with van der Waals surface area (Å²) in [6.45, 7) is -0.747. The summed E-state index contributed by atoms with van der Waals surface area (Å²) < 4.78 is 142. The van der Waals surface area contributed by atoms with Crippen LogP contribution < -0.4 is 20.1 Å². The minimum Gasteiger partial charge on any atom is -0.488 e. The normalized spacial score (nSPS) is 14.1. The number of hydrogen-bond acceptors (Lipinski definition) is 6. The summed E-state index contributed by atoms with van der Waals surface area (Å²) in [6.07, 6.45) is -4.71. The standard InChI is InChI=1S/C40H27F9N2O8/c41-26-14-19(15-27(42)34(26)50-36(52)21-6-3-8-23(21)38(54)55)18-11-17(12-20(13-18)59-40(47,48)49)16-58-28-10-2-1-5-25(28)29-30(43)32(45)35(33(46)31(29)44)51-37(53)22-7-4-9-24(22)39(56)57/h1-2,5,10-15H,3-4,6-9,16H2,(H,50,52)(H,51,53)(H,54,55)(H,56,57). The Kier molecular flexibility index (Phi) is 11.8. The summed E-state index contributed by atoms with van der Waals surface area (Å²) in [4.78, 5) is 48.3. The molecule has 6 rings (SSSR count). The van der Waals surface area contributed by atoms with Crippen molar-refractivity contribution in [1.29, 1.82) is 0 Å². The Morgan fingerprint density at radius 2 is 1.12 bits per heavy atom. The van der Waals surface area contributed by atoms with Crippen LogP contribution in [-0.2, 0) is 25.8 Å². The maximum atomic E-state index is 15.6. The lowest BCUT2D eigenvalue weighted by Gasteiger charge is -2.17. The predicted molar refractivity (Wildman–Crippen MR) is 189 cm³/mol. The van der Waals surface area contributed by atoms with E-state index in [1.807, 2.05) is 5.32 Å². The average molecular weight is 835 g/mol. The van der Waals surface area contributed by atoms with E-state index in [4.69, 9.17) is 4.74 Å². The first kappa shape index (κ1) is 41.8. The highest BCUT2D eigenvalue weighted by molar-refractivity contribution is 6.10. The van der Waals surface area contributed by atoms with Gasteiger partial charge in [-0.05, 0) is 91.6 Å². The summed E-state index contributed by atoms with van der Waals surface area (Å²) in [5, 5.41) is 22.3. The van der Waals surface area contributed by atoms with Crippen LogP contribution in [0.3, 0.4) is 0 Å². The number of ether oxygens (including phenoxy) is 2. The molecule has 59 heavy (non-hydrogen) atoms. The van der Waals surface area contributed by atoms with Crippen LogP contribution in [-0.4, -0.2) is 40.3 Å². The molecule has 4 aromatic rings. The van der Waals surface area contributed by atoms with Gasteiger partial charge in [-0.2, -0.15) is 0 Å². The monoisotopic (exact) mass is 834 g/mol. The van der Waals surface area contributed by atoms with Crippen LogP contribution in [0.1, 0.15) is 44.1 Å². The number of nitrogens with one attached hydrogen (secondary N) is 2. The van der Waals surface area contributed by atoms with Crippen LogP contribution in [0.4, 0.5) is 50.9 Å². The highest BCUT2D eigenvalue weighted by Crippen LogP contribution is 2.40. The second kappa shape index (κ2) is 16.6. The number of amides is 2. The first-order valence-corrected chi connectivity index (χ1v) is 17.3. The highest BCUT2D eigenvalue weighted by atomic mass is 19.4. The topological polar surface area (TPSA) is 151 Å². The molecule has 2 aliphatic carbocycles. The molecule has 0 radical (unpaired) electrons. The van der Waals surface area contributed by atoms with Crippen molar-refractivity contribution in [1.82, 2.24) is 0 Å². The van der Waals surface area contributed by atoms with E-state index in [1.54, 1.807) is 5.32 Å². The van der Waals surface area contributed by atoms with Gasteiger partial charge in [-0.3, -0.25) is 9.59 Å². The molecule has 0 fully saturated rings. The van der Waals surface area contributed by atoms with E-state index in [2.05, 4.69) is 4.74 Å². The zero-order chi connectivity index (χ0) is 42.9. The van der Waals surface area contributed by atoms with E-state index in [9.17, 15) is 42.6 Å². The molecular weight excluding hydrogens is 807 g/mol. The van der Waals surface area contributed by atoms with E-state index in [-0.39, 0.29) is 71.1 Å². The van der Waals surface area contributed by atoms with Gasteiger partial charge in [-0.15, -0.1) is 13.2 Å². The predicted octanol–water partition coefficient (Wildman–Crippen LogP) is 9.34. The number of benzene rings is 4. The summed E-state index contributed by atoms with van der Waals surface area (Å²) in [5.41, 5.74) is -6.32. The molecule has 308 valence electrons. The fourth-order valence-corrected chi connectivity index (χ4v) is 6.74. The van der Waals surface area contributed by atoms with Gasteiger partial charge in [-0.25, -0.2) is 35.9 Å². The Hall–Kier alpha value is -6.79. The van der Waals surface area contributed by atoms with Gasteiger partial charge < -0.3 is 30.3 Å². The van der Waals surface area contributed by atoms with Crippen LogP contribution in [0.5, 0.6) is 11.5 Å². The van der Waals surface area contributed by atoms with Crippen molar-refractivity contribution in [2.24, 2.45) is 0 Å². The number of aliphatic carboxylic acids is 2. The zero-order valence-electron chi connectivity index (χ0n) is 29.9. The van der Waals surface area contributed by atoms with Crippen LogP contribution in [0, 0.1) is 34.9 Å². The van der Waals surface area contributed by atoms with Gasteiger partial charge >= 0.3 is 18.3 Å². The molecule has 0 heterocycles. The Morgan fingerprint density at radius 1 is 0.627 bits per heavy atom. The summed E-state index contributed by atoms with van der Waals surface area (Å²) in [7, 11) is 0. The summed E-state index contributed by atoms with van der Waals surface area (Å²) in [6, 6.07) is 8.58. The summed E-state index contributed by atoms with van der Waals surface area (Å²) >= 11 is 0. The van der Waals surface area contributed by atoms with Gasteiger partial charge in [0.1, 0.15) is 41.1 Å². The van der Waals surface area contributed by atoms with E-state index in [1.165, 1.54) is 12.1 Å². The Labute approximate surface area is 326 Å². The van der Waals surface area contributed by atoms with E-state index in [0.29, 0.717) is 18.6 Å². The van der Waals surface area contributed by atoms with Gasteiger partial charge in [0.15, 0.2) is 23.3 Å². The number of halogens is 9. The lowest BCUT2D eigenvalue weighted by atomic mass is 10.0. The molecule has 2 aliphatic rings. The number of para-hydroxylation sites is 1. The van der Waals surface area contributed by atoms with Crippen molar-refractivity contribution in [2.45, 2.75) is 51.5 Å². The molecule has 4 N–H and O–H groups in total. The van der Waals surface area contributed by atoms with Gasteiger partial charge in [-0.1, -0.05) is 18.2 Å². The van der Waals surface area contributed by atoms with Gasteiger partial charge in [0, 0.05) is 27.9 Å². The largest absolute Gasteiger partial charge is 0.573 e. The number of carboxylic acids is 2. The first-order chi connectivity index (χ1) is 27.8. The molecule has 0 aliphatic heterocycles. The van der Waals surface area contributed by atoms with E-state index >= 15 is 26.3 Å². The molecule has 0 bridgehead atoms. The number of hydrogen-bond donors (Lipinski definition) is 4. The quantitative estimate of drug-likeness (QED) is 0.0815. The second-order valence-electron chi connectivity index (χ2n) is 13.2. The van der Waals surface area contributed by atoms with Crippen LogP contribution in [0.2, 0.25) is 0 Å². The molecule has 19 heteroatoms. The number of carbonyl (C=O) groups excluding carboxylic acids is 2. The van der Waals surface area contributed by atoms with Crippen molar-refractivity contribution in [3.63, 3.8) is 0 Å². The van der Waals surface area contributed by atoms with Crippen molar-refractivity contribution >= 4 is 35.1 Å². The molecule has 10 nitrogen and oxygen atoms in total. The van der Waals surface area contributed by atoms with Gasteiger partial charge in [0.25, 0.3) is 11.8 Å². The molecular formula is C40H27F9N2O8. The van der Waals surface area contributed by atoms with E-state index < -0.39 is 106 Å². The van der Waals surface area contributed by atoms with Gasteiger partial charge in [0.2, 0.25) is 0 Å². The highest BCUT2D eigenvalue weighted by Gasteiger charge is 2.33. The van der Waals surface area contributed by atoms with Crippen molar-refractivity contribution in [3.8, 4) is 33.8 Å². The molecule has 0 spiro atoms. The SMILES string of the molecule is O=C(O)C1=C(C(=O)Nc2c(F)cc(-c3cc(COc4ccccc4-c4c(F)c(F)c(NC(=O)C5=C(C(=O)O)CCC5)c(F)c4F)cc(OC(F)(F)F)c3)cc2F)CCC1. The minimum atomic E-state index is -5.26. The van der Waals surface area contributed by atoms with Crippen LogP contribution in [0.15, 0.2) is 76.9 Å². The fraction of sp³-hybridized carbons (Fsp3) is 0.200. The Morgan fingerprint density at radius 3 is 1.64 bits per heavy atom. The third-order valence-electron chi connectivity index (χ3n) is 9.37. The molecule has 0 atom stereocenters. The van der Waals surface area contributed by atoms with Crippen molar-refractivity contribution in [3.05, 3.63) is 117 Å². The molecule has 0 saturated carbocycles. The third-order valence-corrected chi connectivity index (χ3v) is 9.37. The number of carboxylic acid groups (broad SMARTS) is 2. The Balaban J connectivity index is 1.30. The maximum absolute atomic E-state index is 15.6. The van der Waals surface area contributed by atoms with E-state index in [0.717, 1.165) is 30.3 Å². The third kappa shape index (κ3) is 8.87. The van der Waals surface area contributed by atoms with Gasteiger partial charge in [0.05, 0.1) is 5.56 Å². The number of anilines is 2. The molecule has 2 amide bonds. The molecule has 0 saturated heterocycles. The van der Waals surface area contributed by atoms with Crippen molar-refractivity contribution < 1.29 is 78.4 Å². The number of rotatable bonds is 12. The van der Waals surface area contributed by atoms with Crippen LogP contribution >= 0.6 is 0 Å². The zero-order valence-corrected chi connectivity index (χ0v) is 29.9. The summed E-state index contributed by atoms with van der Waals surface area (Å²) in [5.74, 6) is -17.4. The van der Waals surface area contributed by atoms with Crippen molar-refractivity contribution in [2.75, 3.05) is 10.6 Å². The second-order valence-corrected chi connectivity index (χ2v) is 13.2. The number of carbonyl (C=O) groups is 4. The molecule has 0 aromatic heterocycles. The average Bonchev–Trinajstić information content (AvgIpc) is 3.88. The first-order valence-electron chi connectivity index (χ1n) is 17.3.